The van der Waals surface area contributed by atoms with Crippen molar-refractivity contribution >= 4 is 16.2 Å². The summed E-state index contributed by atoms with van der Waals surface area (Å²) in [5, 5.41) is 10.7. The van der Waals surface area contributed by atoms with Gasteiger partial charge in [0.15, 0.2) is 0 Å². The quantitative estimate of drug-likeness (QED) is 0.580. The molecule has 4 saturated carbocycles. The second kappa shape index (κ2) is 4.84. The molecule has 0 aromatic rings. The minimum atomic E-state index is -5.31. The molecule has 4 rings (SSSR count). The van der Waals surface area contributed by atoms with Gasteiger partial charge in [-0.05, 0) is 55.8 Å². The predicted octanol–water partition coefficient (Wildman–Crippen LogP) is 1.39. The molecule has 4 fully saturated rings. The van der Waals surface area contributed by atoms with Gasteiger partial charge in [0.05, 0.1) is 12.0 Å². The fraction of sp³-hybridized carbons (Fsp3) is 0.917. The van der Waals surface area contributed by atoms with Gasteiger partial charge in [-0.3, -0.25) is 0 Å². The molecule has 0 heterocycles. The summed E-state index contributed by atoms with van der Waals surface area (Å²) >= 11 is 0. The molecular formula is C12H15F3NO4S-. The van der Waals surface area contributed by atoms with Crippen LogP contribution in [0.4, 0.5) is 13.2 Å². The van der Waals surface area contributed by atoms with Crippen molar-refractivity contribution < 1.29 is 30.9 Å². The smallest absolute Gasteiger partial charge is 0.420 e. The van der Waals surface area contributed by atoms with Crippen molar-refractivity contribution in [3.63, 3.8) is 0 Å². The first kappa shape index (κ1) is 15.1. The van der Waals surface area contributed by atoms with Crippen LogP contribution in [0.15, 0.2) is 4.40 Å². The zero-order valence-electron chi connectivity index (χ0n) is 11.0. The summed E-state index contributed by atoms with van der Waals surface area (Å²) in [6.45, 7) is 0. The second-order valence-corrected chi connectivity index (χ2v) is 7.54. The van der Waals surface area contributed by atoms with E-state index in [0.29, 0.717) is 11.8 Å². The Kier molecular flexibility index (Phi) is 3.47. The average Bonchev–Trinajstić information content (AvgIpc) is 2.31. The van der Waals surface area contributed by atoms with Gasteiger partial charge in [0.1, 0.15) is 0 Å². The van der Waals surface area contributed by atoms with Gasteiger partial charge in [-0.15, -0.1) is 0 Å². The first-order chi connectivity index (χ1) is 9.64. The lowest BCUT2D eigenvalue weighted by Crippen LogP contribution is -2.50. The van der Waals surface area contributed by atoms with Crippen LogP contribution in [0.2, 0.25) is 0 Å². The first-order valence-electron chi connectivity index (χ1n) is 6.91. The summed E-state index contributed by atoms with van der Waals surface area (Å²) in [7, 11) is -4.85. The van der Waals surface area contributed by atoms with Gasteiger partial charge in [-0.1, -0.05) is 0 Å². The molecule has 0 unspecified atom stereocenters. The average molecular weight is 326 g/mol. The third-order valence-electron chi connectivity index (χ3n) is 4.81. The Morgan fingerprint density at radius 1 is 1.05 bits per heavy atom. The Balaban J connectivity index is 1.74. The molecule has 0 amide bonds. The largest absolute Gasteiger partial charge is 0.855 e. The van der Waals surface area contributed by atoms with Crippen molar-refractivity contribution in [3.05, 3.63) is 0 Å². The molecule has 21 heavy (non-hydrogen) atoms. The zero-order valence-corrected chi connectivity index (χ0v) is 11.9. The van der Waals surface area contributed by atoms with Gasteiger partial charge in [-0.25, -0.2) is 4.18 Å². The van der Waals surface area contributed by atoms with E-state index in [1.165, 1.54) is 0 Å². The molecule has 5 nitrogen and oxygen atoms in total. The lowest BCUT2D eigenvalue weighted by molar-refractivity contribution is -0.262. The van der Waals surface area contributed by atoms with Crippen LogP contribution in [0.5, 0.6) is 0 Å². The highest BCUT2D eigenvalue weighted by Crippen LogP contribution is 2.54. The van der Waals surface area contributed by atoms with Gasteiger partial charge >= 0.3 is 16.5 Å². The molecule has 9 heteroatoms. The van der Waals surface area contributed by atoms with Crippen molar-refractivity contribution in [2.75, 3.05) is 0 Å². The fourth-order valence-corrected chi connectivity index (χ4v) is 5.29. The Bertz CT molecular complexity index is 529. The van der Waals surface area contributed by atoms with E-state index in [9.17, 15) is 26.7 Å². The van der Waals surface area contributed by atoms with Gasteiger partial charge < -0.3 is 5.11 Å². The Morgan fingerprint density at radius 2 is 1.52 bits per heavy atom. The second-order valence-electron chi connectivity index (χ2n) is 6.31. The maximum Gasteiger partial charge on any atom is 0.420 e. The molecule has 4 aliphatic carbocycles. The van der Waals surface area contributed by atoms with Gasteiger partial charge in [0.25, 0.3) is 0 Å². The van der Waals surface area contributed by atoms with Crippen molar-refractivity contribution in [1.82, 2.24) is 0 Å². The molecule has 0 radical (unpaired) electrons. The van der Waals surface area contributed by atoms with E-state index in [1.807, 2.05) is 0 Å². The maximum atomic E-state index is 12.1. The van der Waals surface area contributed by atoms with Crippen LogP contribution in [0.3, 0.4) is 0 Å². The van der Waals surface area contributed by atoms with Crippen LogP contribution >= 0.6 is 0 Å². The monoisotopic (exact) mass is 326 g/mol. The van der Waals surface area contributed by atoms with Crippen LogP contribution in [0, 0.1) is 23.7 Å². The van der Waals surface area contributed by atoms with Gasteiger partial charge in [0, 0.05) is 0 Å². The normalized spacial score (nSPS) is 39.8. The topological polar surface area (TPSA) is 78.8 Å². The standard InChI is InChI=1S/C12H16F3NO4S/c13-12(14,15)11(17)16-21(18,19)20-10-8-2-6-1-7(4-8)5-9(10)3-6/h6-10H,1-5H2,(H,16,17)/p-1. The van der Waals surface area contributed by atoms with E-state index in [-0.39, 0.29) is 11.8 Å². The Hall–Kier alpha value is -0.830. The Morgan fingerprint density at radius 3 is 1.95 bits per heavy atom. The van der Waals surface area contributed by atoms with Crippen LogP contribution in [0.1, 0.15) is 32.1 Å². The number of hydrogen-bond donors (Lipinski definition) is 0. The van der Waals surface area contributed by atoms with Crippen molar-refractivity contribution in [3.8, 4) is 0 Å². The van der Waals surface area contributed by atoms with Crippen molar-refractivity contribution in [2.45, 2.75) is 44.4 Å². The molecule has 0 saturated heterocycles. The number of nitrogens with zero attached hydrogens (tertiary/aromatic N) is 1. The SMILES string of the molecule is O=S(=O)(N=C([O-])C(F)(F)F)OC1C2CC3CC(C2)CC1C3. The molecular weight excluding hydrogens is 311 g/mol. The summed E-state index contributed by atoms with van der Waals surface area (Å²) in [5.41, 5.74) is 0. The van der Waals surface area contributed by atoms with Crippen LogP contribution < -0.4 is 5.11 Å². The third kappa shape index (κ3) is 3.03. The van der Waals surface area contributed by atoms with Crippen LogP contribution in [0.25, 0.3) is 0 Å². The molecule has 0 spiro atoms. The van der Waals surface area contributed by atoms with Gasteiger partial charge in [0.2, 0.25) is 0 Å². The fourth-order valence-electron chi connectivity index (χ4n) is 4.35. The summed E-state index contributed by atoms with van der Waals surface area (Å²) in [6.07, 6.45) is -1.39. The molecule has 4 bridgehead atoms. The lowest BCUT2D eigenvalue weighted by atomic mass is 9.55. The number of hydrogen-bond acceptors (Lipinski definition) is 4. The number of alkyl halides is 3. The van der Waals surface area contributed by atoms with E-state index in [4.69, 9.17) is 4.18 Å². The maximum absolute atomic E-state index is 12.1. The van der Waals surface area contributed by atoms with E-state index < -0.39 is 28.5 Å². The summed E-state index contributed by atoms with van der Waals surface area (Å²) in [5.74, 6) is -1.40. The molecule has 0 N–H and O–H groups in total. The van der Waals surface area contributed by atoms with Crippen LogP contribution in [-0.4, -0.2) is 26.6 Å². The molecule has 0 atom stereocenters. The highest BCUT2D eigenvalue weighted by atomic mass is 32.2. The minimum Gasteiger partial charge on any atom is -0.855 e. The van der Waals surface area contributed by atoms with E-state index in [2.05, 4.69) is 4.40 Å². The van der Waals surface area contributed by atoms with Gasteiger partial charge in [-0.2, -0.15) is 26.0 Å². The number of rotatable bonds is 3. The third-order valence-corrected chi connectivity index (χ3v) is 5.67. The first-order valence-corrected chi connectivity index (χ1v) is 8.28. The summed E-state index contributed by atoms with van der Waals surface area (Å²) < 4.78 is 66.5. The highest BCUT2D eigenvalue weighted by Gasteiger charge is 2.50. The molecule has 0 aliphatic heterocycles. The molecule has 4 aliphatic rings. The summed E-state index contributed by atoms with van der Waals surface area (Å²) in [4.78, 5) is 0. The molecule has 0 aromatic carbocycles. The van der Waals surface area contributed by atoms with E-state index in [1.54, 1.807) is 0 Å². The lowest BCUT2D eigenvalue weighted by Gasteiger charge is -2.53. The zero-order chi connectivity index (χ0) is 15.4. The highest BCUT2D eigenvalue weighted by molar-refractivity contribution is 7.85. The van der Waals surface area contributed by atoms with E-state index in [0.717, 1.165) is 32.1 Å². The molecule has 120 valence electrons. The minimum absolute atomic E-state index is 0.0483. The van der Waals surface area contributed by atoms with E-state index >= 15 is 0 Å². The van der Waals surface area contributed by atoms with Crippen LogP contribution in [-0.2, 0) is 14.5 Å². The molecule has 0 aromatic heterocycles. The summed E-state index contributed by atoms with van der Waals surface area (Å²) in [6, 6.07) is 0. The van der Waals surface area contributed by atoms with Crippen molar-refractivity contribution in [2.24, 2.45) is 28.1 Å². The van der Waals surface area contributed by atoms with Crippen molar-refractivity contribution in [1.29, 1.82) is 0 Å². The Labute approximate surface area is 120 Å². The number of halogens is 3. The predicted molar refractivity (Wildman–Crippen MR) is 64.3 cm³/mol.